The number of carbonyl (C=O) groups excluding carboxylic acids is 2. The molecule has 1 atom stereocenters. The molecular weight excluding hydrogens is 380 g/mol. The summed E-state index contributed by atoms with van der Waals surface area (Å²) in [5, 5.41) is 2.90. The predicted molar refractivity (Wildman–Crippen MR) is 114 cm³/mol. The molecule has 0 spiro atoms. The third-order valence-electron chi connectivity index (χ3n) is 4.83. The van der Waals surface area contributed by atoms with Crippen LogP contribution in [0.5, 0.6) is 5.75 Å². The fraction of sp³-hybridized carbons (Fsp3) is 0.250. The minimum atomic E-state index is -0.754. The number of carbonyl (C=O) groups is 2. The van der Waals surface area contributed by atoms with Crippen LogP contribution >= 0.6 is 0 Å². The summed E-state index contributed by atoms with van der Waals surface area (Å²) in [4.78, 5) is 27.7. The van der Waals surface area contributed by atoms with Crippen molar-refractivity contribution in [3.63, 3.8) is 0 Å². The molecule has 0 saturated carbocycles. The van der Waals surface area contributed by atoms with Crippen molar-refractivity contribution in [3.05, 3.63) is 89.9 Å². The largest absolute Gasteiger partial charge is 0.497 e. The lowest BCUT2D eigenvalue weighted by Crippen LogP contribution is -2.43. The summed E-state index contributed by atoms with van der Waals surface area (Å²) in [6, 6.07) is 19.6. The van der Waals surface area contributed by atoms with Gasteiger partial charge in [-0.3, -0.25) is 9.59 Å². The van der Waals surface area contributed by atoms with E-state index in [4.69, 9.17) is 9.15 Å². The standard InChI is InChI=1S/C24H26N2O4/c1-3-22(27)26(17-18-11-13-20(29-2)14-12-18)23(19-8-5-4-6-9-19)24(28)25-16-21-10-7-15-30-21/h4-15,23H,3,16-17H2,1-2H3,(H,25,28). The predicted octanol–water partition coefficient (Wildman–Crippen LogP) is 4.08. The van der Waals surface area contributed by atoms with Gasteiger partial charge in [0, 0.05) is 13.0 Å². The fourth-order valence-corrected chi connectivity index (χ4v) is 3.25. The number of hydrogen-bond acceptors (Lipinski definition) is 4. The van der Waals surface area contributed by atoms with Crippen molar-refractivity contribution in [2.75, 3.05) is 7.11 Å². The molecule has 0 aliphatic carbocycles. The SMILES string of the molecule is CCC(=O)N(Cc1ccc(OC)cc1)C(C(=O)NCc1ccco1)c1ccccc1. The van der Waals surface area contributed by atoms with Crippen molar-refractivity contribution in [2.45, 2.75) is 32.5 Å². The zero-order valence-corrected chi connectivity index (χ0v) is 17.2. The number of hydrogen-bond donors (Lipinski definition) is 1. The Kier molecular flexibility index (Phi) is 7.27. The maximum absolute atomic E-state index is 13.2. The van der Waals surface area contributed by atoms with Crippen LogP contribution in [-0.2, 0) is 22.7 Å². The Morgan fingerprint density at radius 3 is 2.37 bits per heavy atom. The number of methoxy groups -OCH3 is 1. The van der Waals surface area contributed by atoms with Gasteiger partial charge in [-0.1, -0.05) is 49.4 Å². The normalized spacial score (nSPS) is 11.5. The van der Waals surface area contributed by atoms with E-state index in [2.05, 4.69) is 5.32 Å². The number of furan rings is 1. The van der Waals surface area contributed by atoms with E-state index < -0.39 is 6.04 Å². The Hall–Kier alpha value is -3.54. The average molecular weight is 406 g/mol. The summed E-state index contributed by atoms with van der Waals surface area (Å²) >= 11 is 0. The third kappa shape index (κ3) is 5.29. The zero-order valence-electron chi connectivity index (χ0n) is 17.2. The topological polar surface area (TPSA) is 71.8 Å². The molecule has 0 bridgehead atoms. The molecule has 6 heteroatoms. The third-order valence-corrected chi connectivity index (χ3v) is 4.83. The van der Waals surface area contributed by atoms with Gasteiger partial charge >= 0.3 is 0 Å². The highest BCUT2D eigenvalue weighted by Gasteiger charge is 2.30. The smallest absolute Gasteiger partial charge is 0.247 e. The Morgan fingerprint density at radius 2 is 1.77 bits per heavy atom. The second-order valence-electron chi connectivity index (χ2n) is 6.83. The van der Waals surface area contributed by atoms with E-state index in [0.717, 1.165) is 16.9 Å². The Morgan fingerprint density at radius 1 is 1.03 bits per heavy atom. The van der Waals surface area contributed by atoms with Crippen molar-refractivity contribution < 1.29 is 18.7 Å². The maximum Gasteiger partial charge on any atom is 0.247 e. The zero-order chi connectivity index (χ0) is 21.3. The molecular formula is C24H26N2O4. The summed E-state index contributed by atoms with van der Waals surface area (Å²) < 4.78 is 10.5. The molecule has 0 radical (unpaired) electrons. The second-order valence-corrected chi connectivity index (χ2v) is 6.83. The van der Waals surface area contributed by atoms with Crippen LogP contribution in [0.25, 0.3) is 0 Å². The molecule has 0 saturated heterocycles. The van der Waals surface area contributed by atoms with Gasteiger partial charge in [-0.2, -0.15) is 0 Å². The van der Waals surface area contributed by atoms with Crippen LogP contribution in [0.1, 0.15) is 36.3 Å². The first kappa shape index (κ1) is 21.2. The molecule has 2 aromatic carbocycles. The Bertz CT molecular complexity index is 937. The van der Waals surface area contributed by atoms with E-state index in [1.165, 1.54) is 0 Å². The second kappa shape index (κ2) is 10.3. The highest BCUT2D eigenvalue weighted by Crippen LogP contribution is 2.25. The molecule has 1 N–H and O–H groups in total. The average Bonchev–Trinajstić information content (AvgIpc) is 3.31. The van der Waals surface area contributed by atoms with Crippen molar-refractivity contribution in [2.24, 2.45) is 0 Å². The molecule has 1 aromatic heterocycles. The van der Waals surface area contributed by atoms with Gasteiger partial charge in [0.2, 0.25) is 11.8 Å². The van der Waals surface area contributed by atoms with Crippen LogP contribution in [0.4, 0.5) is 0 Å². The maximum atomic E-state index is 13.2. The van der Waals surface area contributed by atoms with Crippen LogP contribution in [-0.4, -0.2) is 23.8 Å². The van der Waals surface area contributed by atoms with Crippen molar-refractivity contribution in [1.82, 2.24) is 10.2 Å². The Balaban J connectivity index is 1.89. The quantitative estimate of drug-likeness (QED) is 0.581. The number of benzene rings is 2. The van der Waals surface area contributed by atoms with E-state index in [1.54, 1.807) is 37.3 Å². The highest BCUT2D eigenvalue weighted by atomic mass is 16.5. The van der Waals surface area contributed by atoms with Crippen molar-refractivity contribution in [3.8, 4) is 5.75 Å². The first-order valence-electron chi connectivity index (χ1n) is 9.89. The van der Waals surface area contributed by atoms with Gasteiger partial charge in [0.1, 0.15) is 17.6 Å². The first-order chi connectivity index (χ1) is 14.6. The number of nitrogens with zero attached hydrogens (tertiary/aromatic N) is 1. The van der Waals surface area contributed by atoms with E-state index in [-0.39, 0.29) is 18.4 Å². The molecule has 3 rings (SSSR count). The molecule has 30 heavy (non-hydrogen) atoms. The molecule has 0 aliphatic heterocycles. The lowest BCUT2D eigenvalue weighted by Gasteiger charge is -2.31. The van der Waals surface area contributed by atoms with Gasteiger partial charge in [-0.05, 0) is 35.4 Å². The molecule has 3 aromatic rings. The van der Waals surface area contributed by atoms with Gasteiger partial charge in [0.25, 0.3) is 0 Å². The van der Waals surface area contributed by atoms with Crippen LogP contribution in [0.2, 0.25) is 0 Å². The number of ether oxygens (including phenoxy) is 1. The summed E-state index contributed by atoms with van der Waals surface area (Å²) in [7, 11) is 1.61. The minimum Gasteiger partial charge on any atom is -0.497 e. The van der Waals surface area contributed by atoms with Gasteiger partial charge in [0.05, 0.1) is 19.9 Å². The molecule has 0 aliphatic rings. The van der Waals surface area contributed by atoms with Crippen molar-refractivity contribution in [1.29, 1.82) is 0 Å². The summed E-state index contributed by atoms with van der Waals surface area (Å²) in [6.45, 7) is 2.36. The van der Waals surface area contributed by atoms with E-state index in [1.807, 2.05) is 54.6 Å². The van der Waals surface area contributed by atoms with Crippen LogP contribution in [0.15, 0.2) is 77.4 Å². The summed E-state index contributed by atoms with van der Waals surface area (Å²) in [6.07, 6.45) is 1.86. The molecule has 2 amide bonds. The van der Waals surface area contributed by atoms with Gasteiger partial charge < -0.3 is 19.4 Å². The monoisotopic (exact) mass is 406 g/mol. The number of rotatable bonds is 9. The lowest BCUT2D eigenvalue weighted by atomic mass is 10.0. The van der Waals surface area contributed by atoms with Crippen molar-refractivity contribution >= 4 is 11.8 Å². The lowest BCUT2D eigenvalue weighted by molar-refractivity contribution is -0.141. The van der Waals surface area contributed by atoms with E-state index >= 15 is 0 Å². The van der Waals surface area contributed by atoms with E-state index in [9.17, 15) is 9.59 Å². The molecule has 6 nitrogen and oxygen atoms in total. The molecule has 1 unspecified atom stereocenters. The molecule has 0 fully saturated rings. The first-order valence-corrected chi connectivity index (χ1v) is 9.89. The Labute approximate surface area is 176 Å². The summed E-state index contributed by atoms with van der Waals surface area (Å²) in [5.41, 5.74) is 1.67. The van der Waals surface area contributed by atoms with Crippen LogP contribution in [0, 0.1) is 0 Å². The summed E-state index contributed by atoms with van der Waals surface area (Å²) in [5.74, 6) is 1.03. The van der Waals surface area contributed by atoms with E-state index in [0.29, 0.717) is 18.7 Å². The van der Waals surface area contributed by atoms with Gasteiger partial charge in [0.15, 0.2) is 0 Å². The van der Waals surface area contributed by atoms with Crippen LogP contribution in [0.3, 0.4) is 0 Å². The molecule has 156 valence electrons. The molecule has 1 heterocycles. The van der Waals surface area contributed by atoms with Gasteiger partial charge in [-0.15, -0.1) is 0 Å². The minimum absolute atomic E-state index is 0.104. The fourth-order valence-electron chi connectivity index (χ4n) is 3.25. The highest BCUT2D eigenvalue weighted by molar-refractivity contribution is 5.88. The number of nitrogens with one attached hydrogen (secondary N) is 1. The van der Waals surface area contributed by atoms with Crippen LogP contribution < -0.4 is 10.1 Å². The van der Waals surface area contributed by atoms with Gasteiger partial charge in [-0.25, -0.2) is 0 Å². The number of amides is 2.